The molecule has 0 saturated carbocycles. The van der Waals surface area contributed by atoms with E-state index in [0.29, 0.717) is 23.4 Å². The van der Waals surface area contributed by atoms with E-state index in [4.69, 9.17) is 11.6 Å². The van der Waals surface area contributed by atoms with E-state index < -0.39 is 26.9 Å². The number of imide groups is 1. The molecule has 3 rings (SSSR count). The minimum absolute atomic E-state index is 0.0364. The second kappa shape index (κ2) is 7.60. The summed E-state index contributed by atoms with van der Waals surface area (Å²) in [5.41, 5.74) is 0.366. The molecule has 0 unspecified atom stereocenters. The number of carbonyl (C=O) groups excluding carboxylic acids is 2. The van der Waals surface area contributed by atoms with Crippen molar-refractivity contribution in [2.24, 2.45) is 0 Å². The van der Waals surface area contributed by atoms with Gasteiger partial charge in [0.25, 0.3) is 5.91 Å². The summed E-state index contributed by atoms with van der Waals surface area (Å²) in [4.78, 5) is 26.8. The number of carbonyl (C=O) groups is 2. The summed E-state index contributed by atoms with van der Waals surface area (Å²) in [6, 6.07) is 14.1. The van der Waals surface area contributed by atoms with Gasteiger partial charge < -0.3 is 0 Å². The molecular weight excluding hydrogens is 374 g/mol. The maximum Gasteiger partial charge on any atom is 0.260 e. The van der Waals surface area contributed by atoms with E-state index in [1.807, 2.05) is 0 Å². The van der Waals surface area contributed by atoms with Crippen LogP contribution in [0.2, 0.25) is 5.02 Å². The highest BCUT2D eigenvalue weighted by Crippen LogP contribution is 2.26. The summed E-state index contributed by atoms with van der Waals surface area (Å²) in [6.45, 7) is 0.221. The summed E-state index contributed by atoms with van der Waals surface area (Å²) >= 11 is 5.82. The Labute approximate surface area is 157 Å². The highest BCUT2D eigenvalue weighted by atomic mass is 35.5. The highest BCUT2D eigenvalue weighted by Gasteiger charge is 2.40. The first-order chi connectivity index (χ1) is 12.4. The van der Waals surface area contributed by atoms with E-state index in [1.54, 1.807) is 30.3 Å². The molecule has 1 fully saturated rings. The van der Waals surface area contributed by atoms with Gasteiger partial charge >= 0.3 is 0 Å². The van der Waals surface area contributed by atoms with Crippen molar-refractivity contribution in [1.82, 2.24) is 4.90 Å². The number of benzene rings is 2. The number of halogens is 1. The lowest BCUT2D eigenvalue weighted by Crippen LogP contribution is -2.45. The lowest BCUT2D eigenvalue weighted by atomic mass is 10.2. The molecule has 26 heavy (non-hydrogen) atoms. The number of likely N-dealkylation sites (tertiary alicyclic amines) is 1. The molecule has 0 radical (unpaired) electrons. The first-order valence-electron chi connectivity index (χ1n) is 8.31. The molecule has 1 saturated heterocycles. The Morgan fingerprint density at radius 2 is 1.65 bits per heavy atom. The molecule has 1 atom stereocenters. The van der Waals surface area contributed by atoms with Crippen LogP contribution < -0.4 is 0 Å². The van der Waals surface area contributed by atoms with Gasteiger partial charge in [0.05, 0.1) is 4.90 Å². The maximum absolute atomic E-state index is 13.0. The van der Waals surface area contributed by atoms with Gasteiger partial charge in [-0.2, -0.15) is 0 Å². The Hall–Kier alpha value is -2.18. The van der Waals surface area contributed by atoms with Crippen molar-refractivity contribution in [3.8, 4) is 0 Å². The van der Waals surface area contributed by atoms with Gasteiger partial charge in [-0.15, -0.1) is 0 Å². The Kier molecular flexibility index (Phi) is 5.44. The van der Waals surface area contributed by atoms with Gasteiger partial charge in [-0.05, 0) is 55.7 Å². The smallest absolute Gasteiger partial charge is 0.260 e. The van der Waals surface area contributed by atoms with Crippen LogP contribution in [0, 0.1) is 0 Å². The van der Waals surface area contributed by atoms with Crippen LogP contribution in [0.25, 0.3) is 0 Å². The zero-order valence-corrected chi connectivity index (χ0v) is 15.5. The molecule has 0 N–H and O–H groups in total. The van der Waals surface area contributed by atoms with Crippen LogP contribution in [0.4, 0.5) is 0 Å². The highest BCUT2D eigenvalue weighted by molar-refractivity contribution is 7.92. The number of amides is 2. The summed E-state index contributed by atoms with van der Waals surface area (Å²) in [6.07, 6.45) is 1.33. The van der Waals surface area contributed by atoms with E-state index in [1.165, 1.54) is 24.3 Å². The lowest BCUT2D eigenvalue weighted by Gasteiger charge is -2.23. The summed E-state index contributed by atoms with van der Waals surface area (Å²) < 4.78 is 25.9. The Morgan fingerprint density at radius 3 is 2.31 bits per heavy atom. The minimum Gasteiger partial charge on any atom is -0.277 e. The van der Waals surface area contributed by atoms with Crippen molar-refractivity contribution in [2.75, 3.05) is 6.54 Å². The van der Waals surface area contributed by atoms with Crippen LogP contribution in [0.15, 0.2) is 59.5 Å². The number of hydrogen-bond donors (Lipinski definition) is 0. The second-order valence-corrected chi connectivity index (χ2v) is 8.71. The first kappa shape index (κ1) is 18.6. The fourth-order valence-electron chi connectivity index (χ4n) is 3.02. The van der Waals surface area contributed by atoms with Gasteiger partial charge in [-0.1, -0.05) is 29.8 Å². The molecule has 1 heterocycles. The third-order valence-corrected chi connectivity index (χ3v) is 6.79. The van der Waals surface area contributed by atoms with Crippen molar-refractivity contribution >= 4 is 33.3 Å². The molecule has 0 bridgehead atoms. The molecule has 2 amide bonds. The molecule has 2 aromatic rings. The standard InChI is InChI=1S/C19H18ClNO4S/c20-15-9-11-16(12-10-15)26(24,25)17-8-4-5-13-21(19(17)23)18(22)14-6-2-1-3-7-14/h1-3,6-7,9-12,17H,4-5,8,13H2/t17-/m1/s1. The van der Waals surface area contributed by atoms with Gasteiger partial charge in [0.2, 0.25) is 5.91 Å². The third-order valence-electron chi connectivity index (χ3n) is 4.42. The van der Waals surface area contributed by atoms with Crippen molar-refractivity contribution in [3.63, 3.8) is 0 Å². The van der Waals surface area contributed by atoms with Crippen molar-refractivity contribution in [1.29, 1.82) is 0 Å². The molecule has 1 aliphatic rings. The van der Waals surface area contributed by atoms with Crippen LogP contribution in [0.1, 0.15) is 29.6 Å². The zero-order chi connectivity index (χ0) is 18.7. The van der Waals surface area contributed by atoms with E-state index in [-0.39, 0.29) is 17.9 Å². The third kappa shape index (κ3) is 3.66. The van der Waals surface area contributed by atoms with Crippen LogP contribution >= 0.6 is 11.6 Å². The van der Waals surface area contributed by atoms with Crippen LogP contribution in [-0.4, -0.2) is 36.9 Å². The average Bonchev–Trinajstić information content (AvgIpc) is 2.84. The fraction of sp³-hybridized carbons (Fsp3) is 0.263. The Balaban J connectivity index is 1.93. The number of hydrogen-bond acceptors (Lipinski definition) is 4. The first-order valence-corrected chi connectivity index (χ1v) is 10.2. The average molecular weight is 392 g/mol. The summed E-state index contributed by atoms with van der Waals surface area (Å²) in [7, 11) is -3.90. The molecule has 0 spiro atoms. The van der Waals surface area contributed by atoms with Crippen molar-refractivity contribution in [2.45, 2.75) is 29.4 Å². The van der Waals surface area contributed by atoms with Gasteiger partial charge in [0.1, 0.15) is 5.25 Å². The number of nitrogens with zero attached hydrogens (tertiary/aromatic N) is 1. The second-order valence-electron chi connectivity index (χ2n) is 6.14. The summed E-state index contributed by atoms with van der Waals surface area (Å²) in [5, 5.41) is -0.851. The Morgan fingerprint density at radius 1 is 1.00 bits per heavy atom. The quantitative estimate of drug-likeness (QED) is 0.752. The molecule has 0 aliphatic carbocycles. The predicted octanol–water partition coefficient (Wildman–Crippen LogP) is 3.34. The largest absolute Gasteiger partial charge is 0.277 e. The molecule has 136 valence electrons. The molecule has 1 aliphatic heterocycles. The molecule has 5 nitrogen and oxygen atoms in total. The van der Waals surface area contributed by atoms with Gasteiger partial charge in [-0.25, -0.2) is 8.42 Å². The number of sulfone groups is 1. The van der Waals surface area contributed by atoms with E-state index in [9.17, 15) is 18.0 Å². The maximum atomic E-state index is 13.0. The molecule has 7 heteroatoms. The van der Waals surface area contributed by atoms with E-state index in [2.05, 4.69) is 0 Å². The SMILES string of the molecule is O=C(c1ccccc1)N1CCCC[C@@H](S(=O)(=O)c2ccc(Cl)cc2)C1=O. The topological polar surface area (TPSA) is 71.5 Å². The normalized spacial score (nSPS) is 18.4. The van der Waals surface area contributed by atoms with Crippen LogP contribution in [-0.2, 0) is 14.6 Å². The summed E-state index contributed by atoms with van der Waals surface area (Å²) in [5.74, 6) is -1.12. The molecule has 2 aromatic carbocycles. The molecular formula is C19H18ClNO4S. The zero-order valence-electron chi connectivity index (χ0n) is 14.0. The van der Waals surface area contributed by atoms with Crippen molar-refractivity contribution < 1.29 is 18.0 Å². The van der Waals surface area contributed by atoms with E-state index >= 15 is 0 Å². The lowest BCUT2D eigenvalue weighted by molar-refractivity contribution is -0.127. The fourth-order valence-corrected chi connectivity index (χ4v) is 4.86. The Bertz CT molecular complexity index is 910. The minimum atomic E-state index is -3.90. The van der Waals surface area contributed by atoms with Gasteiger partial charge in [0, 0.05) is 17.1 Å². The van der Waals surface area contributed by atoms with Gasteiger partial charge in [-0.3, -0.25) is 14.5 Å². The van der Waals surface area contributed by atoms with E-state index in [0.717, 1.165) is 4.90 Å². The predicted molar refractivity (Wildman–Crippen MR) is 98.8 cm³/mol. The monoisotopic (exact) mass is 391 g/mol. The van der Waals surface area contributed by atoms with Crippen molar-refractivity contribution in [3.05, 3.63) is 65.2 Å². The number of rotatable bonds is 3. The molecule has 0 aromatic heterocycles. The van der Waals surface area contributed by atoms with Crippen LogP contribution in [0.3, 0.4) is 0 Å². The van der Waals surface area contributed by atoms with Gasteiger partial charge in [0.15, 0.2) is 9.84 Å². The van der Waals surface area contributed by atoms with Crippen LogP contribution in [0.5, 0.6) is 0 Å².